The van der Waals surface area contributed by atoms with Crippen molar-refractivity contribution in [1.82, 2.24) is 43.2 Å². The van der Waals surface area contributed by atoms with Crippen LogP contribution in [0.15, 0.2) is 217 Å². The summed E-state index contributed by atoms with van der Waals surface area (Å²) < 4.78 is 294. The molecule has 0 unspecified atom stereocenters. The number of sulfonamides is 1. The van der Waals surface area contributed by atoms with Gasteiger partial charge in [-0.05, 0) is 249 Å². The fraction of sp³-hybridized carbons (Fsp3) is 0.283. The first kappa shape index (κ1) is 109. The highest BCUT2D eigenvalue weighted by molar-refractivity contribution is 7.89. The Bertz CT molecular complexity index is 7040. The average Bonchev–Trinajstić information content (AvgIpc) is 1.58. The predicted octanol–water partition coefficient (Wildman–Crippen LogP) is 17.7. The second-order valence-corrected chi connectivity index (χ2v) is 39.4. The highest BCUT2D eigenvalue weighted by atomic mass is 32.2. The Morgan fingerprint density at radius 1 is 0.428 bits per heavy atom. The molecule has 15 rings (SSSR count). The number of halogens is 16. The molecule has 8 amide bonds. The van der Waals surface area contributed by atoms with E-state index in [-0.39, 0.29) is 143 Å². The number of thiazole rings is 1. The molecule has 1 aromatic heterocycles. The number of anilines is 5. The molecule has 0 saturated carbocycles. The maximum atomic E-state index is 15.6. The molecular weight excluding hydrogens is 1990 g/mol. The number of ether oxygens (including phenoxy) is 1. The van der Waals surface area contributed by atoms with E-state index in [1.807, 2.05) is 0 Å². The van der Waals surface area contributed by atoms with Gasteiger partial charge in [-0.25, -0.2) is 53.2 Å². The number of hydrogen-bond acceptors (Lipinski definition) is 17. The number of allylic oxidation sites excluding steroid dienone is 1. The van der Waals surface area contributed by atoms with E-state index in [0.29, 0.717) is 81.4 Å². The summed E-state index contributed by atoms with van der Waals surface area (Å²) in [7, 11) is -6.57. The molecule has 9 aromatic carbocycles. The fourth-order valence-electron chi connectivity index (χ4n) is 16.2. The number of nitrogens with zero attached hydrogens (tertiary/aromatic N) is 7. The number of nitrogens with one attached hydrogen (secondary N) is 7. The molecular formula is C99H94F16N14O13S3. The van der Waals surface area contributed by atoms with Crippen LogP contribution < -0.4 is 36.6 Å². The van der Waals surface area contributed by atoms with Crippen molar-refractivity contribution in [3.05, 3.63) is 336 Å². The minimum absolute atomic E-state index is 0.0105. The minimum atomic E-state index is -4.37. The van der Waals surface area contributed by atoms with Crippen molar-refractivity contribution < 1.29 is 130 Å². The summed E-state index contributed by atoms with van der Waals surface area (Å²) in [4.78, 5) is 111. The Kier molecular flexibility index (Phi) is 33.3. The third-order valence-corrected chi connectivity index (χ3v) is 28.0. The lowest BCUT2D eigenvalue weighted by Gasteiger charge is -2.44. The lowest BCUT2D eigenvalue weighted by Crippen LogP contribution is -2.63. The molecule has 0 aliphatic carbocycles. The topological polar surface area (TPSA) is 331 Å². The number of rotatable bonds is 22. The predicted molar refractivity (Wildman–Crippen MR) is 505 cm³/mol. The Balaban J connectivity index is 0.000000172. The van der Waals surface area contributed by atoms with Gasteiger partial charge in [-0.2, -0.15) is 52.2 Å². The zero-order valence-electron chi connectivity index (χ0n) is 78.7. The molecule has 768 valence electrons. The smallest absolute Gasteiger partial charge is 0.352 e. The highest BCUT2D eigenvalue weighted by Crippen LogP contribution is 2.43. The van der Waals surface area contributed by atoms with Crippen molar-refractivity contribution in [2.45, 2.75) is 134 Å². The summed E-state index contributed by atoms with van der Waals surface area (Å²) in [5.41, 5.74) is -2.31. The van der Waals surface area contributed by atoms with Gasteiger partial charge >= 0.3 is 23.7 Å². The van der Waals surface area contributed by atoms with Gasteiger partial charge in [0.15, 0.2) is 11.0 Å². The number of alkyl halides is 8. The number of piperazine rings is 2. The van der Waals surface area contributed by atoms with Crippen LogP contribution in [0.2, 0.25) is 0 Å². The molecule has 0 spiro atoms. The van der Waals surface area contributed by atoms with Gasteiger partial charge in [-0.1, -0.05) is 36.1 Å². The number of aryl methyl sites for hydroxylation is 4. The molecule has 5 aliphatic rings. The first-order valence-corrected chi connectivity index (χ1v) is 47.9. The van der Waals surface area contributed by atoms with Gasteiger partial charge in [0.2, 0.25) is 10.0 Å². The monoisotopic (exact) mass is 2090 g/mol. The van der Waals surface area contributed by atoms with Gasteiger partial charge in [-0.3, -0.25) is 38.4 Å². The number of aromatic nitrogens is 1. The molecule has 2 fully saturated rings. The van der Waals surface area contributed by atoms with E-state index in [2.05, 4.69) is 54.8 Å². The lowest BCUT2D eigenvalue weighted by atomic mass is 10.0. The van der Waals surface area contributed by atoms with Crippen molar-refractivity contribution in [3.8, 4) is 0 Å². The maximum Gasteiger partial charge on any atom is 0.352 e. The Morgan fingerprint density at radius 3 is 1.08 bits per heavy atom. The first-order valence-electron chi connectivity index (χ1n) is 44.2. The zero-order valence-corrected chi connectivity index (χ0v) is 81.2. The summed E-state index contributed by atoms with van der Waals surface area (Å²) >= 11 is 1.23. The minimum Gasteiger partial charge on any atom is -0.442 e. The average molecular weight is 2090 g/mol. The maximum absolute atomic E-state index is 15.6. The van der Waals surface area contributed by atoms with Crippen LogP contribution in [0.3, 0.4) is 0 Å². The Labute approximate surface area is 825 Å². The SMILES string of the molecule is C=C(C)Nc1nc2c(s1)CN(C(=O)C(F)(F)c1cc(C(=O)Nc3ccc(F)c(C)c3)ccc1F)CC2.C=C1NC2=C(CN(C(=O)C(F)(F)c3cc(C(=O)Nc4ccc(F)c(C)c4)ccc3F)CC2)O1.CNS(=O)(=O)N1C[C@@H](C)N(C(=O)C(F)(F)c2cc(C(=O)Nc3ccc(F)c(C)c3)ccc2F)[C@@H](C)C1.Cc1cc(NC(=O)c2ccc(F)c(C(F)(F)C(=O)N3[C@H](C)CN(S(=O)(=O)c4ccccc4)C[C@@H]3C)c2)ccc1F. The number of fused-ring (bicyclic) bond motifs is 1. The van der Waals surface area contributed by atoms with Crippen LogP contribution >= 0.6 is 11.3 Å². The number of amides is 8. The van der Waals surface area contributed by atoms with Crippen LogP contribution in [0, 0.1) is 74.2 Å². The van der Waals surface area contributed by atoms with E-state index < -0.39 is 184 Å². The number of carbonyl (C=O) groups excluding carboxylic acids is 8. The van der Waals surface area contributed by atoms with Crippen LogP contribution in [-0.4, -0.2) is 174 Å². The molecule has 4 atom stereocenters. The van der Waals surface area contributed by atoms with Crippen LogP contribution in [0.25, 0.3) is 0 Å². The summed E-state index contributed by atoms with van der Waals surface area (Å²) in [5.74, 6) is -33.9. The van der Waals surface area contributed by atoms with E-state index in [1.165, 1.54) is 134 Å². The second kappa shape index (κ2) is 44.1. The standard InChI is InChI=1S/C28H27F4N3O4S.C25H22F4N4O2S.C23H26F4N4O4S.C23H19F4N3O3/c1-17-13-21(10-12-24(17)29)33-26(36)20-9-11-25(30)23(14-20)28(31,32)27(37)35-18(2)15-34(16-19(35)3)40(38,39)22-7-5-4-6-8-22;1-13(2)30-24-32-20-8-9-33(12-21(20)36-24)23(35)25(28,29)17-11-15(4-6-19(17)27)22(34)31-16-5-7-18(26)14(3)10-16;1-13-9-17(6-8-19(13)24)29-21(32)16-5-7-20(25)18(10-16)23(26,27)22(33)31-14(2)11-30(12-15(31)3)36(34,35)28-4;1-12-9-15(4-6-17(12)24)29-21(31)14-3-5-18(25)16(10-14)23(26,27)22(32)30-8-7-19-20(11-30)33-13(2)28-19/h4-14,18-19H,15-16H2,1-3H3,(H,33,36);4-7,10-11H,1,8-9,12H2,2-3H3,(H,30,32)(H,31,34);5-10,14-15,28H,11-12H2,1-4H3,(H,29,32);3-6,9-10,28H,2,7-8,11H2,1H3,(H,29,31)/t18-,19+;;14-,15+;. The van der Waals surface area contributed by atoms with Gasteiger partial charge in [-0.15, -0.1) is 0 Å². The highest BCUT2D eigenvalue weighted by Gasteiger charge is 2.55. The Hall–Kier alpha value is -14.4. The summed E-state index contributed by atoms with van der Waals surface area (Å²) in [6, 6.07) is 28.2. The van der Waals surface area contributed by atoms with Gasteiger partial charge in [0.25, 0.3) is 57.5 Å². The van der Waals surface area contributed by atoms with E-state index in [9.17, 15) is 90.3 Å². The summed E-state index contributed by atoms with van der Waals surface area (Å²) in [5, 5.41) is 16.1. The zero-order chi connectivity index (χ0) is 107. The molecule has 6 heterocycles. The third kappa shape index (κ3) is 24.7. The summed E-state index contributed by atoms with van der Waals surface area (Å²) in [6.45, 7) is 19.4. The molecule has 2 saturated heterocycles. The fourth-order valence-corrected chi connectivity index (χ4v) is 20.0. The molecule has 0 bridgehead atoms. The molecule has 145 heavy (non-hydrogen) atoms. The molecule has 10 aromatic rings. The van der Waals surface area contributed by atoms with Crippen LogP contribution in [-0.2, 0) is 80.8 Å². The molecule has 0 radical (unpaired) electrons. The Morgan fingerprint density at radius 2 is 0.745 bits per heavy atom. The van der Waals surface area contributed by atoms with E-state index in [4.69, 9.17) is 4.74 Å². The number of carbonyl (C=O) groups is 8. The van der Waals surface area contributed by atoms with Crippen molar-refractivity contribution in [3.63, 3.8) is 0 Å². The molecule has 7 N–H and O–H groups in total. The van der Waals surface area contributed by atoms with Crippen molar-refractivity contribution in [1.29, 1.82) is 0 Å². The van der Waals surface area contributed by atoms with Crippen LogP contribution in [0.4, 0.5) is 98.1 Å². The third-order valence-electron chi connectivity index (χ3n) is 23.7. The quantitative estimate of drug-likeness (QED) is 0.0310. The van der Waals surface area contributed by atoms with Gasteiger partial charge in [0, 0.05) is 139 Å². The largest absolute Gasteiger partial charge is 0.442 e. The van der Waals surface area contributed by atoms with Crippen molar-refractivity contribution in [2.75, 3.05) is 79.4 Å². The summed E-state index contributed by atoms with van der Waals surface area (Å²) in [6.07, 6.45) is 0.520. The van der Waals surface area contributed by atoms with Gasteiger partial charge < -0.3 is 56.2 Å². The number of hydrogen-bond donors (Lipinski definition) is 7. The van der Waals surface area contributed by atoms with E-state index in [1.54, 1.807) is 25.1 Å². The normalized spacial score (nSPS) is 16.7. The number of benzene rings is 9. The van der Waals surface area contributed by atoms with E-state index in [0.717, 1.165) is 76.7 Å². The van der Waals surface area contributed by atoms with Crippen LogP contribution in [0.5, 0.6) is 0 Å². The van der Waals surface area contributed by atoms with E-state index >= 15 is 35.1 Å². The second-order valence-electron chi connectivity index (χ2n) is 34.5. The molecule has 27 nitrogen and oxygen atoms in total. The van der Waals surface area contributed by atoms with Gasteiger partial charge in [0.1, 0.15) is 52.3 Å². The molecule has 5 aliphatic heterocycles. The molecule has 46 heteroatoms. The van der Waals surface area contributed by atoms with Crippen molar-refractivity contribution >= 4 is 107 Å². The van der Waals surface area contributed by atoms with Gasteiger partial charge in [0.05, 0.1) is 51.6 Å². The van der Waals surface area contributed by atoms with Crippen LogP contribution in [0.1, 0.15) is 138 Å². The first-order chi connectivity index (χ1) is 67.9. The lowest BCUT2D eigenvalue weighted by molar-refractivity contribution is -0.167. The van der Waals surface area contributed by atoms with Crippen molar-refractivity contribution in [2.24, 2.45) is 0 Å².